The molecule has 2 N–H and O–H groups in total. The van der Waals surface area contributed by atoms with Gasteiger partial charge >= 0.3 is 6.18 Å². The number of aromatic nitrogens is 2. The van der Waals surface area contributed by atoms with Gasteiger partial charge in [0.15, 0.2) is 0 Å². The van der Waals surface area contributed by atoms with E-state index in [9.17, 15) is 18.0 Å². The average Bonchev–Trinajstić information content (AvgIpc) is 3.43. The Morgan fingerprint density at radius 2 is 1.74 bits per heavy atom. The van der Waals surface area contributed by atoms with E-state index in [-0.39, 0.29) is 11.8 Å². The van der Waals surface area contributed by atoms with Gasteiger partial charge in [0.2, 0.25) is 5.91 Å². The number of fused-ring (bicyclic) bond motifs is 3. The normalized spacial score (nSPS) is 23.2. The summed E-state index contributed by atoms with van der Waals surface area (Å²) in [7, 11) is 2.14. The summed E-state index contributed by atoms with van der Waals surface area (Å²) in [5.74, 6) is -0.422. The molecule has 4 aromatic rings. The first-order chi connectivity index (χ1) is 18.2. The Balaban J connectivity index is 1.16. The van der Waals surface area contributed by atoms with E-state index in [1.807, 2.05) is 18.2 Å². The number of carbonyl (C=O) groups excluding carboxylic acids is 1. The smallest absolute Gasteiger partial charge is 0.369 e. The van der Waals surface area contributed by atoms with Gasteiger partial charge in [-0.15, -0.1) is 0 Å². The number of piperazine rings is 1. The van der Waals surface area contributed by atoms with Crippen LogP contribution in [0.25, 0.3) is 22.2 Å². The van der Waals surface area contributed by atoms with Crippen molar-refractivity contribution >= 4 is 28.2 Å². The highest BCUT2D eigenvalue weighted by Crippen LogP contribution is 2.65. The van der Waals surface area contributed by atoms with Crippen LogP contribution in [-0.4, -0.2) is 54.2 Å². The van der Waals surface area contributed by atoms with Gasteiger partial charge in [-0.2, -0.15) is 18.3 Å². The van der Waals surface area contributed by atoms with E-state index in [1.54, 1.807) is 0 Å². The van der Waals surface area contributed by atoms with E-state index < -0.39 is 17.2 Å². The minimum Gasteiger partial charge on any atom is -0.369 e. The molecule has 3 heterocycles. The summed E-state index contributed by atoms with van der Waals surface area (Å²) in [5, 5.41) is 11.4. The molecule has 1 saturated carbocycles. The molecule has 1 aliphatic carbocycles. The number of amides is 1. The van der Waals surface area contributed by atoms with E-state index in [2.05, 4.69) is 56.6 Å². The van der Waals surface area contributed by atoms with E-state index in [0.29, 0.717) is 17.7 Å². The third-order valence-electron chi connectivity index (χ3n) is 8.44. The quantitative estimate of drug-likeness (QED) is 0.383. The second-order valence-corrected chi connectivity index (χ2v) is 10.7. The Labute approximate surface area is 217 Å². The average molecular weight is 518 g/mol. The van der Waals surface area contributed by atoms with Crippen LogP contribution in [0.2, 0.25) is 0 Å². The van der Waals surface area contributed by atoms with Gasteiger partial charge in [0.1, 0.15) is 0 Å². The molecular weight excluding hydrogens is 491 g/mol. The highest BCUT2D eigenvalue weighted by molar-refractivity contribution is 6.10. The lowest BCUT2D eigenvalue weighted by molar-refractivity contribution is -0.137. The molecule has 2 fully saturated rings. The van der Waals surface area contributed by atoms with Gasteiger partial charge in [0, 0.05) is 54.4 Å². The maximum Gasteiger partial charge on any atom is 0.416 e. The van der Waals surface area contributed by atoms with E-state index in [1.165, 1.54) is 11.8 Å². The van der Waals surface area contributed by atoms with Gasteiger partial charge in [-0.3, -0.25) is 9.89 Å². The summed E-state index contributed by atoms with van der Waals surface area (Å²) in [4.78, 5) is 17.7. The number of carbonyl (C=O) groups is 1. The number of rotatable bonds is 3. The zero-order valence-corrected chi connectivity index (χ0v) is 20.8. The van der Waals surface area contributed by atoms with Crippen LogP contribution in [-0.2, 0) is 16.4 Å². The van der Waals surface area contributed by atoms with Crippen LogP contribution in [0.4, 0.5) is 24.5 Å². The molecule has 1 amide bonds. The number of nitrogens with one attached hydrogen (secondary N) is 2. The van der Waals surface area contributed by atoms with Crippen LogP contribution < -0.4 is 10.2 Å². The van der Waals surface area contributed by atoms with Crippen molar-refractivity contribution in [2.24, 2.45) is 0 Å². The number of benzene rings is 3. The summed E-state index contributed by atoms with van der Waals surface area (Å²) in [6, 6.07) is 17.9. The first-order valence-electron chi connectivity index (χ1n) is 12.8. The van der Waals surface area contributed by atoms with Crippen molar-refractivity contribution in [2.45, 2.75) is 23.9 Å². The van der Waals surface area contributed by atoms with Crippen molar-refractivity contribution in [1.82, 2.24) is 15.1 Å². The lowest BCUT2D eigenvalue weighted by Gasteiger charge is -2.34. The fraction of sp³-hybridized carbons (Fsp3) is 0.310. The van der Waals surface area contributed by atoms with Crippen molar-refractivity contribution in [1.29, 1.82) is 0 Å². The zero-order chi connectivity index (χ0) is 26.2. The molecule has 2 aliphatic heterocycles. The molecule has 0 bridgehead atoms. The molecule has 3 aromatic carbocycles. The van der Waals surface area contributed by atoms with Gasteiger partial charge in [-0.05, 0) is 61.0 Å². The first kappa shape index (κ1) is 23.3. The van der Waals surface area contributed by atoms with Gasteiger partial charge in [0.25, 0.3) is 0 Å². The number of alkyl halides is 3. The standard InChI is InChI=1S/C29H26F3N5O/c1-36-10-12-37(13-11-36)20-6-2-17(3-7-20)26-21-8-4-18(14-25(21)34-35-26)23-16-28(23)22-15-19(29(30,31)32)5-9-24(22)33-27(28)38/h2-9,14-15,23H,10-13,16H2,1H3,(H,33,38)(H,34,35)/t23-,28-/m0/s1. The molecule has 1 spiro atoms. The summed E-state index contributed by atoms with van der Waals surface area (Å²) in [5.41, 5.74) is 4.03. The second-order valence-electron chi connectivity index (χ2n) is 10.7. The van der Waals surface area contributed by atoms with Crippen molar-refractivity contribution in [3.8, 4) is 11.3 Å². The van der Waals surface area contributed by atoms with Gasteiger partial charge in [-0.25, -0.2) is 0 Å². The summed E-state index contributed by atoms with van der Waals surface area (Å²) in [6.07, 6.45) is -3.98. The number of H-pyrrole nitrogens is 1. The Kier molecular flexibility index (Phi) is 4.95. The fourth-order valence-electron chi connectivity index (χ4n) is 6.14. The predicted octanol–water partition coefficient (Wildman–Crippen LogP) is 5.38. The minimum absolute atomic E-state index is 0.189. The molecule has 1 aromatic heterocycles. The molecular formula is C29H26F3N5O. The monoisotopic (exact) mass is 517 g/mol. The van der Waals surface area contributed by atoms with Crippen molar-refractivity contribution < 1.29 is 18.0 Å². The predicted molar refractivity (Wildman–Crippen MR) is 140 cm³/mol. The first-order valence-corrected chi connectivity index (χ1v) is 12.8. The maximum absolute atomic E-state index is 13.4. The largest absolute Gasteiger partial charge is 0.416 e. The van der Waals surface area contributed by atoms with Crippen LogP contribution in [0.5, 0.6) is 0 Å². The number of hydrogen-bond donors (Lipinski definition) is 2. The summed E-state index contributed by atoms with van der Waals surface area (Å²) in [6.45, 7) is 4.11. The van der Waals surface area contributed by atoms with Gasteiger partial charge < -0.3 is 15.1 Å². The van der Waals surface area contributed by atoms with Crippen LogP contribution in [0.15, 0.2) is 60.7 Å². The molecule has 0 unspecified atom stereocenters. The molecule has 1 saturated heterocycles. The van der Waals surface area contributed by atoms with Crippen LogP contribution in [0.3, 0.4) is 0 Å². The third-order valence-corrected chi connectivity index (χ3v) is 8.44. The van der Waals surface area contributed by atoms with E-state index >= 15 is 0 Å². The van der Waals surface area contributed by atoms with Crippen LogP contribution in [0.1, 0.15) is 29.0 Å². The zero-order valence-electron chi connectivity index (χ0n) is 20.8. The second kappa shape index (κ2) is 8.07. The Bertz CT molecular complexity index is 1570. The lowest BCUT2D eigenvalue weighted by Crippen LogP contribution is -2.44. The number of anilines is 2. The van der Waals surface area contributed by atoms with Gasteiger partial charge in [-0.1, -0.05) is 24.3 Å². The number of nitrogens with zero attached hydrogens (tertiary/aromatic N) is 3. The molecule has 9 heteroatoms. The number of hydrogen-bond acceptors (Lipinski definition) is 4. The molecule has 7 rings (SSSR count). The summed E-state index contributed by atoms with van der Waals surface area (Å²) >= 11 is 0. The molecule has 0 radical (unpaired) electrons. The third kappa shape index (κ3) is 3.52. The van der Waals surface area contributed by atoms with Crippen molar-refractivity contribution in [3.05, 3.63) is 77.4 Å². The number of halogens is 3. The Morgan fingerprint density at radius 1 is 0.974 bits per heavy atom. The van der Waals surface area contributed by atoms with Crippen molar-refractivity contribution in [2.75, 3.05) is 43.4 Å². The Hall–Kier alpha value is -3.85. The lowest BCUT2D eigenvalue weighted by atomic mass is 9.90. The summed E-state index contributed by atoms with van der Waals surface area (Å²) < 4.78 is 40.1. The van der Waals surface area contributed by atoms with Gasteiger partial charge in [0.05, 0.1) is 22.2 Å². The highest BCUT2D eigenvalue weighted by atomic mass is 19.4. The molecule has 194 valence electrons. The minimum atomic E-state index is -4.46. The highest BCUT2D eigenvalue weighted by Gasteiger charge is 2.65. The van der Waals surface area contributed by atoms with Crippen molar-refractivity contribution in [3.63, 3.8) is 0 Å². The molecule has 38 heavy (non-hydrogen) atoms. The van der Waals surface area contributed by atoms with Crippen LogP contribution >= 0.6 is 0 Å². The molecule has 2 atom stereocenters. The molecule has 6 nitrogen and oxygen atoms in total. The number of likely N-dealkylation sites (N-methyl/N-ethyl adjacent to an activating group) is 1. The molecule has 3 aliphatic rings. The topological polar surface area (TPSA) is 64.3 Å². The SMILES string of the molecule is CN1CCN(c2ccc(-c3n[nH]c4cc([C@@H]5C[C@@]56C(=O)Nc5ccc(C(F)(F)F)cc56)ccc34)cc2)CC1. The fourth-order valence-corrected chi connectivity index (χ4v) is 6.14. The number of aromatic amines is 1. The maximum atomic E-state index is 13.4. The Morgan fingerprint density at radius 3 is 2.47 bits per heavy atom. The van der Waals surface area contributed by atoms with Crippen LogP contribution in [0, 0.1) is 0 Å². The van der Waals surface area contributed by atoms with E-state index in [0.717, 1.165) is 66.0 Å². The van der Waals surface area contributed by atoms with E-state index in [4.69, 9.17) is 0 Å².